The number of rotatable bonds is 12. The van der Waals surface area contributed by atoms with Crippen molar-refractivity contribution >= 4 is 23.8 Å². The Morgan fingerprint density at radius 1 is 1.05 bits per heavy atom. The summed E-state index contributed by atoms with van der Waals surface area (Å²) < 4.78 is 5.34. The van der Waals surface area contributed by atoms with Gasteiger partial charge < -0.3 is 26.0 Å². The van der Waals surface area contributed by atoms with E-state index in [0.29, 0.717) is 5.56 Å². The van der Waals surface area contributed by atoms with Crippen LogP contribution < -0.4 is 16.4 Å². The highest BCUT2D eigenvalue weighted by atomic mass is 16.6. The van der Waals surface area contributed by atoms with E-state index in [0.717, 1.165) is 16.7 Å². The number of aryl methyl sites for hydroxylation is 1. The molecule has 2 rings (SSSR count). The first kappa shape index (κ1) is 31.1. The topological polar surface area (TPSA) is 131 Å². The summed E-state index contributed by atoms with van der Waals surface area (Å²) in [6.45, 7) is 13.0. The van der Waals surface area contributed by atoms with Crippen molar-refractivity contribution in [1.29, 1.82) is 0 Å². The monoisotopic (exact) mass is 536 g/mol. The molecule has 210 valence electrons. The summed E-state index contributed by atoms with van der Waals surface area (Å²) in [4.78, 5) is 53.3. The van der Waals surface area contributed by atoms with Gasteiger partial charge in [-0.15, -0.1) is 6.58 Å². The zero-order chi connectivity index (χ0) is 29.2. The summed E-state index contributed by atoms with van der Waals surface area (Å²) in [5.74, 6) is -1.59. The molecular formula is C30H40N4O5. The van der Waals surface area contributed by atoms with E-state index in [1.807, 2.05) is 56.3 Å². The standard InChI is InChI=1S/C30H40N4O5/c1-7-18-34(28(37)24(16-17-25(31)35)33-29(38)39-30(4,5)6)26(23-15-11-12-20(2)21(23)3)27(36)32-19-22-13-9-8-10-14-22/h7-15,24,26H,1,16-19H2,2-6H3,(H2,31,35)(H,32,36)(H,33,38). The lowest BCUT2D eigenvalue weighted by Gasteiger charge is -2.34. The Kier molecular flexibility index (Phi) is 11.3. The number of hydrogen-bond acceptors (Lipinski definition) is 5. The average molecular weight is 537 g/mol. The van der Waals surface area contributed by atoms with E-state index in [1.54, 1.807) is 26.8 Å². The zero-order valence-electron chi connectivity index (χ0n) is 23.5. The molecule has 2 aromatic rings. The first-order valence-corrected chi connectivity index (χ1v) is 12.9. The van der Waals surface area contributed by atoms with E-state index in [1.165, 1.54) is 11.0 Å². The lowest BCUT2D eigenvalue weighted by Crippen LogP contribution is -2.53. The number of ether oxygens (including phenoxy) is 1. The van der Waals surface area contributed by atoms with Crippen LogP contribution in [0, 0.1) is 13.8 Å². The maximum absolute atomic E-state index is 14.0. The Morgan fingerprint density at radius 2 is 1.72 bits per heavy atom. The van der Waals surface area contributed by atoms with E-state index in [9.17, 15) is 19.2 Å². The number of alkyl carbamates (subject to hydrolysis) is 1. The minimum atomic E-state index is -1.16. The van der Waals surface area contributed by atoms with Crippen LogP contribution in [-0.4, -0.2) is 46.9 Å². The van der Waals surface area contributed by atoms with Gasteiger partial charge in [0.2, 0.25) is 17.7 Å². The summed E-state index contributed by atoms with van der Waals surface area (Å²) in [6, 6.07) is 12.8. The van der Waals surface area contributed by atoms with Crippen molar-refractivity contribution in [3.63, 3.8) is 0 Å². The summed E-state index contributed by atoms with van der Waals surface area (Å²) in [7, 11) is 0. The van der Waals surface area contributed by atoms with E-state index >= 15 is 0 Å². The number of nitrogens with two attached hydrogens (primary N) is 1. The number of carbonyl (C=O) groups excluding carboxylic acids is 4. The molecule has 0 aliphatic rings. The molecule has 0 saturated carbocycles. The van der Waals surface area contributed by atoms with Crippen LogP contribution in [0.1, 0.15) is 61.9 Å². The summed E-state index contributed by atoms with van der Waals surface area (Å²) in [5.41, 5.74) is 7.90. The van der Waals surface area contributed by atoms with Crippen LogP contribution in [0.5, 0.6) is 0 Å². The molecule has 0 bridgehead atoms. The Bertz CT molecular complexity index is 1170. The normalized spacial score (nSPS) is 12.5. The molecule has 2 aromatic carbocycles. The molecule has 4 amide bonds. The van der Waals surface area contributed by atoms with Crippen molar-refractivity contribution in [3.05, 3.63) is 83.4 Å². The molecule has 4 N–H and O–H groups in total. The molecule has 0 saturated heterocycles. The number of carbonyl (C=O) groups is 4. The highest BCUT2D eigenvalue weighted by Gasteiger charge is 2.36. The second kappa shape index (κ2) is 14.1. The maximum Gasteiger partial charge on any atom is 0.408 e. The van der Waals surface area contributed by atoms with Crippen LogP contribution in [0.15, 0.2) is 61.2 Å². The second-order valence-corrected chi connectivity index (χ2v) is 10.4. The number of hydrogen-bond donors (Lipinski definition) is 3. The van der Waals surface area contributed by atoms with E-state index in [4.69, 9.17) is 10.5 Å². The molecule has 0 radical (unpaired) electrons. The number of primary amides is 1. The Balaban J connectivity index is 2.50. The van der Waals surface area contributed by atoms with Gasteiger partial charge in [0.1, 0.15) is 17.7 Å². The lowest BCUT2D eigenvalue weighted by molar-refractivity contribution is -0.142. The van der Waals surface area contributed by atoms with E-state index in [2.05, 4.69) is 17.2 Å². The van der Waals surface area contributed by atoms with Crippen LogP contribution in [0.4, 0.5) is 4.79 Å². The highest BCUT2D eigenvalue weighted by molar-refractivity contribution is 5.92. The van der Waals surface area contributed by atoms with Gasteiger partial charge in [0, 0.05) is 19.5 Å². The minimum Gasteiger partial charge on any atom is -0.444 e. The molecule has 0 fully saturated rings. The third-order valence-electron chi connectivity index (χ3n) is 6.09. The molecular weight excluding hydrogens is 496 g/mol. The van der Waals surface area contributed by atoms with Crippen molar-refractivity contribution in [1.82, 2.24) is 15.5 Å². The molecule has 0 aliphatic carbocycles. The van der Waals surface area contributed by atoms with Gasteiger partial charge >= 0.3 is 6.09 Å². The van der Waals surface area contributed by atoms with E-state index in [-0.39, 0.29) is 25.9 Å². The Hall–Kier alpha value is -4.14. The number of benzene rings is 2. The third-order valence-corrected chi connectivity index (χ3v) is 6.09. The number of amides is 4. The van der Waals surface area contributed by atoms with Gasteiger partial charge in [0.05, 0.1) is 0 Å². The predicted octanol–water partition coefficient (Wildman–Crippen LogP) is 3.83. The van der Waals surface area contributed by atoms with Crippen molar-refractivity contribution in [3.8, 4) is 0 Å². The molecule has 2 atom stereocenters. The Labute approximate surface area is 230 Å². The largest absolute Gasteiger partial charge is 0.444 e. The Morgan fingerprint density at radius 3 is 2.31 bits per heavy atom. The van der Waals surface area contributed by atoms with Gasteiger partial charge in [0.25, 0.3) is 0 Å². The fourth-order valence-electron chi connectivity index (χ4n) is 4.06. The third kappa shape index (κ3) is 9.59. The van der Waals surface area contributed by atoms with Crippen molar-refractivity contribution < 1.29 is 23.9 Å². The number of nitrogens with one attached hydrogen (secondary N) is 2. The van der Waals surface area contributed by atoms with Gasteiger partial charge in [-0.1, -0.05) is 54.6 Å². The molecule has 9 heteroatoms. The van der Waals surface area contributed by atoms with Crippen molar-refractivity contribution in [2.75, 3.05) is 6.54 Å². The van der Waals surface area contributed by atoms with Crippen LogP contribution >= 0.6 is 0 Å². The van der Waals surface area contributed by atoms with Gasteiger partial charge in [-0.2, -0.15) is 0 Å². The summed E-state index contributed by atoms with van der Waals surface area (Å²) in [5, 5.41) is 5.52. The molecule has 39 heavy (non-hydrogen) atoms. The molecule has 0 aliphatic heterocycles. The SMILES string of the molecule is C=CCN(C(=O)C(CCC(N)=O)NC(=O)OC(C)(C)C)C(C(=O)NCc1ccccc1)c1cccc(C)c1C. The van der Waals surface area contributed by atoms with Gasteiger partial charge in [-0.25, -0.2) is 4.79 Å². The van der Waals surface area contributed by atoms with Gasteiger partial charge in [-0.3, -0.25) is 14.4 Å². The first-order chi connectivity index (χ1) is 18.3. The molecule has 0 heterocycles. The smallest absolute Gasteiger partial charge is 0.408 e. The minimum absolute atomic E-state index is 0.0126. The van der Waals surface area contributed by atoms with Crippen LogP contribution in [0.2, 0.25) is 0 Å². The van der Waals surface area contributed by atoms with Crippen molar-refractivity contribution in [2.45, 2.75) is 71.7 Å². The maximum atomic E-state index is 14.0. The fourth-order valence-corrected chi connectivity index (χ4v) is 4.06. The average Bonchev–Trinajstić information content (AvgIpc) is 2.86. The van der Waals surface area contributed by atoms with Gasteiger partial charge in [0.15, 0.2) is 0 Å². The van der Waals surface area contributed by atoms with E-state index < -0.39 is 41.5 Å². The predicted molar refractivity (Wildman–Crippen MR) is 150 cm³/mol. The second-order valence-electron chi connectivity index (χ2n) is 10.4. The lowest BCUT2D eigenvalue weighted by atomic mass is 9.94. The fraction of sp³-hybridized carbons (Fsp3) is 0.400. The molecule has 9 nitrogen and oxygen atoms in total. The van der Waals surface area contributed by atoms with Gasteiger partial charge in [-0.05, 0) is 63.3 Å². The van der Waals surface area contributed by atoms with Crippen LogP contribution in [0.3, 0.4) is 0 Å². The summed E-state index contributed by atoms with van der Waals surface area (Å²) in [6.07, 6.45) is 0.481. The zero-order valence-corrected chi connectivity index (χ0v) is 23.5. The van der Waals surface area contributed by atoms with Crippen molar-refractivity contribution in [2.24, 2.45) is 5.73 Å². The quantitative estimate of drug-likeness (QED) is 0.355. The molecule has 2 unspecified atom stereocenters. The molecule has 0 spiro atoms. The summed E-state index contributed by atoms with van der Waals surface area (Å²) >= 11 is 0. The molecule has 0 aromatic heterocycles. The van der Waals surface area contributed by atoms with Crippen LogP contribution in [-0.2, 0) is 25.7 Å². The number of nitrogens with zero attached hydrogens (tertiary/aromatic N) is 1. The highest BCUT2D eigenvalue weighted by Crippen LogP contribution is 2.28. The first-order valence-electron chi connectivity index (χ1n) is 12.9. The van der Waals surface area contributed by atoms with Crippen LogP contribution in [0.25, 0.3) is 0 Å².